The van der Waals surface area contributed by atoms with Crippen LogP contribution in [0.4, 0.5) is 0 Å². The lowest BCUT2D eigenvalue weighted by molar-refractivity contribution is 1.31. The van der Waals surface area contributed by atoms with Crippen molar-refractivity contribution in [3.63, 3.8) is 0 Å². The number of fused-ring (bicyclic) bond motifs is 10. The number of hydrogen-bond acceptors (Lipinski definition) is 3. The first-order valence-corrected chi connectivity index (χ1v) is 17.4. The lowest BCUT2D eigenvalue weighted by Gasteiger charge is -2.14. The average molecular weight is 641 g/mol. The second-order valence-corrected chi connectivity index (χ2v) is 13.6. The molecule has 3 heterocycles. The van der Waals surface area contributed by atoms with Gasteiger partial charge in [0.2, 0.25) is 0 Å². The molecule has 0 saturated heterocycles. The quantitative estimate of drug-likeness (QED) is 0.179. The minimum atomic E-state index is 0.944. The fourth-order valence-corrected chi connectivity index (χ4v) is 8.50. The van der Waals surface area contributed by atoms with E-state index in [9.17, 15) is 0 Å². The topological polar surface area (TPSA) is 25.8 Å². The van der Waals surface area contributed by atoms with Crippen LogP contribution in [0, 0.1) is 0 Å². The largest absolute Gasteiger partial charge is 0.256 e. The average Bonchev–Trinajstić information content (AvgIpc) is 3.57. The molecule has 49 heavy (non-hydrogen) atoms. The first kappa shape index (κ1) is 27.9. The Morgan fingerprint density at radius 3 is 1.73 bits per heavy atom. The molecule has 0 fully saturated rings. The molecule has 0 radical (unpaired) electrons. The van der Waals surface area contributed by atoms with Crippen molar-refractivity contribution in [1.82, 2.24) is 9.97 Å². The van der Waals surface area contributed by atoms with Gasteiger partial charge in [-0.1, -0.05) is 121 Å². The molecular formula is C46H28N2S. The van der Waals surface area contributed by atoms with E-state index in [0.29, 0.717) is 0 Å². The number of benzene rings is 7. The minimum Gasteiger partial charge on any atom is -0.256 e. The molecule has 0 N–H and O–H groups in total. The number of nitrogens with zero attached hydrogens (tertiary/aromatic N) is 2. The zero-order valence-electron chi connectivity index (χ0n) is 26.5. The van der Waals surface area contributed by atoms with Crippen LogP contribution >= 0.6 is 11.3 Å². The van der Waals surface area contributed by atoms with Crippen LogP contribution in [0.1, 0.15) is 0 Å². The van der Waals surface area contributed by atoms with E-state index >= 15 is 0 Å². The van der Waals surface area contributed by atoms with Crippen LogP contribution in [0.25, 0.3) is 97.4 Å². The van der Waals surface area contributed by atoms with Crippen LogP contribution in [0.5, 0.6) is 0 Å². The third kappa shape index (κ3) is 4.62. The molecule has 3 aromatic heterocycles. The molecule has 0 aliphatic carbocycles. The van der Waals surface area contributed by atoms with Crippen molar-refractivity contribution in [2.45, 2.75) is 0 Å². The Morgan fingerprint density at radius 2 is 0.939 bits per heavy atom. The highest BCUT2D eigenvalue weighted by Gasteiger charge is 2.16. The SMILES string of the molecule is c1ccc(-c2cc(-c3ccc(-c4ccccn4)cc3)nc(-c3ccc4c(c3)c3ccccc3c3c4ccc4sc5ccccc5c43)c2)cc1. The van der Waals surface area contributed by atoms with Crippen molar-refractivity contribution in [3.05, 3.63) is 170 Å². The number of aromatic nitrogens is 2. The number of rotatable bonds is 4. The van der Waals surface area contributed by atoms with Gasteiger partial charge in [0.25, 0.3) is 0 Å². The predicted octanol–water partition coefficient (Wildman–Crippen LogP) is 13.0. The molecule has 10 aromatic rings. The Balaban J connectivity index is 1.19. The summed E-state index contributed by atoms with van der Waals surface area (Å²) in [6, 6.07) is 58.8. The molecule has 0 aliphatic rings. The van der Waals surface area contributed by atoms with E-state index in [0.717, 1.165) is 39.3 Å². The predicted molar refractivity (Wildman–Crippen MR) is 209 cm³/mol. The molecule has 3 heteroatoms. The Labute approximate surface area is 287 Å². The highest BCUT2D eigenvalue weighted by atomic mass is 32.1. The van der Waals surface area contributed by atoms with Crippen molar-refractivity contribution in [2.75, 3.05) is 0 Å². The van der Waals surface area contributed by atoms with E-state index in [1.165, 1.54) is 58.1 Å². The molecule has 7 aromatic carbocycles. The maximum atomic E-state index is 5.30. The molecule has 0 spiro atoms. The molecule has 10 rings (SSSR count). The van der Waals surface area contributed by atoms with Gasteiger partial charge in [0.1, 0.15) is 0 Å². The standard InChI is InChI=1S/C46H28N2S/c1-2-10-29(11-3-1)33-27-41(31-19-17-30(18-20-31)40-15-8-9-25-47-40)48-42(28-33)32-21-22-35-37-23-24-44-46(38-14-6-7-16-43(38)49-44)45(37)36-13-5-4-12-34(36)39(35)26-32/h1-28H. The van der Waals surface area contributed by atoms with Crippen LogP contribution in [0.2, 0.25) is 0 Å². The summed E-state index contributed by atoms with van der Waals surface area (Å²) >= 11 is 1.88. The van der Waals surface area contributed by atoms with Gasteiger partial charge in [0.15, 0.2) is 0 Å². The molecule has 2 nitrogen and oxygen atoms in total. The molecule has 0 aliphatic heterocycles. The summed E-state index contributed by atoms with van der Waals surface area (Å²) in [5, 5.41) is 10.4. The van der Waals surface area contributed by atoms with Crippen molar-refractivity contribution in [3.8, 4) is 44.9 Å². The molecule has 0 amide bonds. The van der Waals surface area contributed by atoms with Gasteiger partial charge >= 0.3 is 0 Å². The Hall–Kier alpha value is -6.16. The summed E-state index contributed by atoms with van der Waals surface area (Å²) in [7, 11) is 0. The second kappa shape index (κ2) is 11.2. The summed E-state index contributed by atoms with van der Waals surface area (Å²) in [6.07, 6.45) is 1.83. The Morgan fingerprint density at radius 1 is 0.327 bits per heavy atom. The van der Waals surface area contributed by atoms with Gasteiger partial charge in [-0.05, 0) is 85.9 Å². The van der Waals surface area contributed by atoms with Crippen molar-refractivity contribution in [2.24, 2.45) is 0 Å². The summed E-state index contributed by atoms with van der Waals surface area (Å²) in [5.74, 6) is 0. The molecule has 0 bridgehead atoms. The zero-order valence-corrected chi connectivity index (χ0v) is 27.3. The first-order valence-electron chi connectivity index (χ1n) is 16.6. The maximum Gasteiger partial charge on any atom is 0.0715 e. The maximum absolute atomic E-state index is 5.30. The number of pyridine rings is 2. The normalized spacial score (nSPS) is 11.7. The lowest BCUT2D eigenvalue weighted by atomic mass is 9.90. The smallest absolute Gasteiger partial charge is 0.0715 e. The number of hydrogen-bond donors (Lipinski definition) is 0. The van der Waals surface area contributed by atoms with Crippen LogP contribution in [0.3, 0.4) is 0 Å². The fourth-order valence-electron chi connectivity index (χ4n) is 7.39. The summed E-state index contributed by atoms with van der Waals surface area (Å²) < 4.78 is 2.66. The minimum absolute atomic E-state index is 0.944. The molecule has 228 valence electrons. The molecule has 0 unspecified atom stereocenters. The third-order valence-corrected chi connectivity index (χ3v) is 10.8. The van der Waals surface area contributed by atoms with Gasteiger partial charge in [-0.2, -0.15) is 0 Å². The zero-order chi connectivity index (χ0) is 32.3. The molecule has 0 atom stereocenters. The Kier molecular flexibility index (Phi) is 6.39. The summed E-state index contributed by atoms with van der Waals surface area (Å²) in [6.45, 7) is 0. The van der Waals surface area contributed by atoms with Crippen LogP contribution in [-0.4, -0.2) is 9.97 Å². The van der Waals surface area contributed by atoms with Crippen LogP contribution in [0.15, 0.2) is 170 Å². The number of thiophene rings is 1. The van der Waals surface area contributed by atoms with Crippen LogP contribution in [-0.2, 0) is 0 Å². The van der Waals surface area contributed by atoms with Crippen molar-refractivity contribution in [1.29, 1.82) is 0 Å². The van der Waals surface area contributed by atoms with Gasteiger partial charge in [-0.15, -0.1) is 11.3 Å². The van der Waals surface area contributed by atoms with E-state index in [4.69, 9.17) is 4.98 Å². The van der Waals surface area contributed by atoms with Gasteiger partial charge in [0.05, 0.1) is 17.1 Å². The van der Waals surface area contributed by atoms with Crippen molar-refractivity contribution < 1.29 is 0 Å². The van der Waals surface area contributed by atoms with Gasteiger partial charge in [0, 0.05) is 43.1 Å². The molecular weight excluding hydrogens is 613 g/mol. The Bertz CT molecular complexity index is 2830. The van der Waals surface area contributed by atoms with E-state index in [1.807, 2.05) is 35.7 Å². The highest BCUT2D eigenvalue weighted by molar-refractivity contribution is 7.26. The van der Waals surface area contributed by atoms with Gasteiger partial charge in [-0.25, -0.2) is 4.98 Å². The first-order chi connectivity index (χ1) is 24.3. The van der Waals surface area contributed by atoms with E-state index in [2.05, 4.69) is 151 Å². The fraction of sp³-hybridized carbons (Fsp3) is 0. The monoisotopic (exact) mass is 640 g/mol. The summed E-state index contributed by atoms with van der Waals surface area (Å²) in [4.78, 5) is 9.84. The summed E-state index contributed by atoms with van der Waals surface area (Å²) in [5.41, 5.74) is 8.43. The van der Waals surface area contributed by atoms with Crippen LogP contribution < -0.4 is 0 Å². The highest BCUT2D eigenvalue weighted by Crippen LogP contribution is 2.45. The molecule has 0 saturated carbocycles. The van der Waals surface area contributed by atoms with E-state index < -0.39 is 0 Å². The van der Waals surface area contributed by atoms with Gasteiger partial charge < -0.3 is 0 Å². The van der Waals surface area contributed by atoms with E-state index in [-0.39, 0.29) is 0 Å². The second-order valence-electron chi connectivity index (χ2n) is 12.6. The third-order valence-electron chi connectivity index (χ3n) is 9.71. The lowest BCUT2D eigenvalue weighted by Crippen LogP contribution is -1.92. The van der Waals surface area contributed by atoms with Crippen molar-refractivity contribution >= 4 is 63.8 Å². The van der Waals surface area contributed by atoms with Gasteiger partial charge in [-0.3, -0.25) is 4.98 Å². The van der Waals surface area contributed by atoms with E-state index in [1.54, 1.807) is 0 Å².